The molecule has 1 saturated heterocycles. The second-order valence-corrected chi connectivity index (χ2v) is 10.2. The average molecular weight is 429 g/mol. The van der Waals surface area contributed by atoms with Crippen LogP contribution < -0.4 is 5.32 Å². The van der Waals surface area contributed by atoms with Crippen molar-refractivity contribution in [2.45, 2.75) is 58.2 Å². The van der Waals surface area contributed by atoms with Crippen LogP contribution >= 0.6 is 0 Å². The Morgan fingerprint density at radius 2 is 1.70 bits per heavy atom. The topological polar surface area (TPSA) is 66.5 Å². The fourth-order valence-corrected chi connectivity index (χ4v) is 5.67. The highest BCUT2D eigenvalue weighted by atomic mass is 32.2. The lowest BCUT2D eigenvalue weighted by atomic mass is 9.97. The van der Waals surface area contributed by atoms with Crippen LogP contribution in [0.4, 0.5) is 0 Å². The predicted octanol–water partition coefficient (Wildman–Crippen LogP) is 4.50. The number of amides is 1. The van der Waals surface area contributed by atoms with Crippen LogP contribution in [0.1, 0.15) is 71.3 Å². The maximum atomic E-state index is 12.8. The molecule has 1 aliphatic heterocycles. The van der Waals surface area contributed by atoms with Crippen LogP contribution in [0.25, 0.3) is 0 Å². The maximum absolute atomic E-state index is 12.8. The number of hydrogen-bond donors (Lipinski definition) is 1. The summed E-state index contributed by atoms with van der Waals surface area (Å²) in [7, 11) is -3.30. The van der Waals surface area contributed by atoms with Crippen LogP contribution in [-0.4, -0.2) is 31.7 Å². The van der Waals surface area contributed by atoms with E-state index in [0.717, 1.165) is 31.2 Å². The molecule has 1 heterocycles. The number of benzene rings is 2. The van der Waals surface area contributed by atoms with E-state index in [2.05, 4.69) is 44.3 Å². The number of nitrogens with one attached hydrogen (secondary N) is 1. The first-order chi connectivity index (χ1) is 14.3. The zero-order valence-electron chi connectivity index (χ0n) is 18.1. The number of rotatable bonds is 7. The molecule has 3 rings (SSSR count). The fourth-order valence-electron chi connectivity index (χ4n) is 4.06. The van der Waals surface area contributed by atoms with Gasteiger partial charge in [0.1, 0.15) is 0 Å². The van der Waals surface area contributed by atoms with Gasteiger partial charge in [0.05, 0.1) is 11.8 Å². The van der Waals surface area contributed by atoms with E-state index >= 15 is 0 Å². The highest BCUT2D eigenvalue weighted by Crippen LogP contribution is 2.23. The lowest BCUT2D eigenvalue weighted by molar-refractivity contribution is 0.0935. The molecule has 2 aromatic carbocycles. The second kappa shape index (κ2) is 9.75. The standard InChI is InChI=1S/C24H32N2O3S/c1-4-23(22-13-8-18(2)16-19(22)3)25-24(27)21-11-9-20(10-12-21)17-30(28,29)26-14-6-5-7-15-26/h8-13,16,23H,4-7,14-15,17H2,1-3H3,(H,25,27)/t23-/m1/s1. The summed E-state index contributed by atoms with van der Waals surface area (Å²) < 4.78 is 26.8. The van der Waals surface area contributed by atoms with Crippen molar-refractivity contribution in [3.05, 3.63) is 70.3 Å². The molecular formula is C24H32N2O3S. The number of carbonyl (C=O) groups excluding carboxylic acids is 1. The van der Waals surface area contributed by atoms with E-state index in [1.165, 1.54) is 11.1 Å². The summed E-state index contributed by atoms with van der Waals surface area (Å²) in [5.74, 6) is -0.165. The largest absolute Gasteiger partial charge is 0.345 e. The van der Waals surface area contributed by atoms with Crippen LogP contribution in [0.15, 0.2) is 42.5 Å². The molecule has 1 aliphatic rings. The Morgan fingerprint density at radius 1 is 1.03 bits per heavy atom. The minimum Gasteiger partial charge on any atom is -0.345 e. The van der Waals surface area contributed by atoms with Crippen molar-refractivity contribution in [1.29, 1.82) is 0 Å². The summed E-state index contributed by atoms with van der Waals surface area (Å²) in [5, 5.41) is 3.11. The zero-order chi connectivity index (χ0) is 21.7. The summed E-state index contributed by atoms with van der Waals surface area (Å²) in [6.45, 7) is 7.40. The SMILES string of the molecule is CC[C@@H](NC(=O)c1ccc(CS(=O)(=O)N2CCCCC2)cc1)c1ccc(C)cc1C. The average Bonchev–Trinajstić information content (AvgIpc) is 2.73. The van der Waals surface area contributed by atoms with E-state index in [1.54, 1.807) is 28.6 Å². The smallest absolute Gasteiger partial charge is 0.251 e. The Hall–Kier alpha value is -2.18. The van der Waals surface area contributed by atoms with Gasteiger partial charge in [-0.05, 0) is 61.9 Å². The first-order valence-corrected chi connectivity index (χ1v) is 12.4. The van der Waals surface area contributed by atoms with Crippen LogP contribution in [0.2, 0.25) is 0 Å². The minimum atomic E-state index is -3.30. The monoisotopic (exact) mass is 428 g/mol. The number of carbonyl (C=O) groups is 1. The highest BCUT2D eigenvalue weighted by Gasteiger charge is 2.24. The normalized spacial score (nSPS) is 16.2. The summed E-state index contributed by atoms with van der Waals surface area (Å²) >= 11 is 0. The van der Waals surface area contributed by atoms with Crippen LogP contribution in [-0.2, 0) is 15.8 Å². The molecule has 0 aliphatic carbocycles. The van der Waals surface area contributed by atoms with E-state index in [1.807, 2.05) is 0 Å². The van der Waals surface area contributed by atoms with Gasteiger partial charge in [0.2, 0.25) is 10.0 Å². The molecule has 30 heavy (non-hydrogen) atoms. The summed E-state index contributed by atoms with van der Waals surface area (Å²) in [6.07, 6.45) is 3.74. The molecule has 5 nitrogen and oxygen atoms in total. The molecule has 0 radical (unpaired) electrons. The van der Waals surface area contributed by atoms with Crippen LogP contribution in [0.3, 0.4) is 0 Å². The van der Waals surface area contributed by atoms with Crippen LogP contribution in [0.5, 0.6) is 0 Å². The van der Waals surface area contributed by atoms with Crippen molar-refractivity contribution in [1.82, 2.24) is 9.62 Å². The minimum absolute atomic E-state index is 0.0188. The van der Waals surface area contributed by atoms with Crippen molar-refractivity contribution >= 4 is 15.9 Å². The van der Waals surface area contributed by atoms with E-state index in [-0.39, 0.29) is 17.7 Å². The molecule has 2 aromatic rings. The maximum Gasteiger partial charge on any atom is 0.251 e. The van der Waals surface area contributed by atoms with Gasteiger partial charge >= 0.3 is 0 Å². The highest BCUT2D eigenvalue weighted by molar-refractivity contribution is 7.88. The van der Waals surface area contributed by atoms with Gasteiger partial charge in [-0.2, -0.15) is 0 Å². The molecule has 0 spiro atoms. The molecule has 6 heteroatoms. The van der Waals surface area contributed by atoms with E-state index in [4.69, 9.17) is 0 Å². The number of nitrogens with zero attached hydrogens (tertiary/aromatic N) is 1. The summed E-state index contributed by atoms with van der Waals surface area (Å²) in [4.78, 5) is 12.8. The molecule has 1 N–H and O–H groups in total. The molecule has 1 amide bonds. The van der Waals surface area contributed by atoms with Gasteiger partial charge in [-0.25, -0.2) is 12.7 Å². The predicted molar refractivity (Wildman–Crippen MR) is 121 cm³/mol. The van der Waals surface area contributed by atoms with Crippen molar-refractivity contribution in [3.8, 4) is 0 Å². The van der Waals surface area contributed by atoms with Gasteiger partial charge in [-0.15, -0.1) is 0 Å². The number of hydrogen-bond acceptors (Lipinski definition) is 3. The zero-order valence-corrected chi connectivity index (χ0v) is 19.0. The first kappa shape index (κ1) is 22.5. The Balaban J connectivity index is 1.67. The number of sulfonamides is 1. The second-order valence-electron chi connectivity index (χ2n) is 8.21. The van der Waals surface area contributed by atoms with Gasteiger partial charge in [0.25, 0.3) is 5.91 Å². The lowest BCUT2D eigenvalue weighted by Crippen LogP contribution is -2.36. The Morgan fingerprint density at radius 3 is 2.30 bits per heavy atom. The Kier molecular flexibility index (Phi) is 7.32. The number of aryl methyl sites for hydroxylation is 2. The molecule has 162 valence electrons. The van der Waals surface area contributed by atoms with E-state index in [9.17, 15) is 13.2 Å². The van der Waals surface area contributed by atoms with Crippen molar-refractivity contribution in [3.63, 3.8) is 0 Å². The lowest BCUT2D eigenvalue weighted by Gasteiger charge is -2.25. The molecule has 0 saturated carbocycles. The third-order valence-electron chi connectivity index (χ3n) is 5.79. The van der Waals surface area contributed by atoms with Gasteiger partial charge in [0, 0.05) is 18.7 Å². The third kappa shape index (κ3) is 5.49. The van der Waals surface area contributed by atoms with E-state index < -0.39 is 10.0 Å². The Bertz CT molecular complexity index is 978. The fraction of sp³-hybridized carbons (Fsp3) is 0.458. The van der Waals surface area contributed by atoms with Gasteiger partial charge in [-0.3, -0.25) is 4.79 Å². The molecular weight excluding hydrogens is 396 g/mol. The van der Waals surface area contributed by atoms with Crippen LogP contribution in [0, 0.1) is 13.8 Å². The summed E-state index contributed by atoms with van der Waals surface area (Å²) in [5.41, 5.74) is 4.74. The third-order valence-corrected chi connectivity index (χ3v) is 7.64. The van der Waals surface area contributed by atoms with Crippen molar-refractivity contribution in [2.24, 2.45) is 0 Å². The number of piperidine rings is 1. The van der Waals surface area contributed by atoms with Crippen molar-refractivity contribution < 1.29 is 13.2 Å². The van der Waals surface area contributed by atoms with Gasteiger partial charge in [-0.1, -0.05) is 49.2 Å². The molecule has 1 atom stereocenters. The molecule has 0 bridgehead atoms. The quantitative estimate of drug-likeness (QED) is 0.706. The summed E-state index contributed by atoms with van der Waals surface area (Å²) in [6, 6.07) is 13.1. The van der Waals surface area contributed by atoms with Gasteiger partial charge in [0.15, 0.2) is 0 Å². The molecule has 0 aromatic heterocycles. The first-order valence-electron chi connectivity index (χ1n) is 10.7. The Labute approximate surface area is 180 Å². The van der Waals surface area contributed by atoms with Gasteiger partial charge < -0.3 is 5.32 Å². The van der Waals surface area contributed by atoms with E-state index in [0.29, 0.717) is 24.2 Å². The van der Waals surface area contributed by atoms with Crippen molar-refractivity contribution in [2.75, 3.05) is 13.1 Å². The molecule has 1 fully saturated rings. The molecule has 0 unspecified atom stereocenters.